The summed E-state index contributed by atoms with van der Waals surface area (Å²) in [5.41, 5.74) is 2.40. The molecular formula is C14H12FeN2O. The summed E-state index contributed by atoms with van der Waals surface area (Å²) in [5.74, 6) is 0. The van der Waals surface area contributed by atoms with Gasteiger partial charge >= 0.3 is 17.1 Å². The second kappa shape index (κ2) is 7.43. The normalized spacial score (nSPS) is 8.89. The van der Waals surface area contributed by atoms with E-state index < -0.39 is 0 Å². The maximum Gasteiger partial charge on any atom is 2.00 e. The summed E-state index contributed by atoms with van der Waals surface area (Å²) in [6.07, 6.45) is 2.42. The number of H-pyrrole nitrogens is 1. The van der Waals surface area contributed by atoms with Crippen LogP contribution in [0.2, 0.25) is 0 Å². The minimum atomic E-state index is 0. The Morgan fingerprint density at radius 3 is 2.33 bits per heavy atom. The van der Waals surface area contributed by atoms with Crippen LogP contribution in [0.5, 0.6) is 0 Å². The molecule has 0 radical (unpaired) electrons. The van der Waals surface area contributed by atoms with Gasteiger partial charge in [-0.1, -0.05) is 11.1 Å². The van der Waals surface area contributed by atoms with Gasteiger partial charge in [-0.05, 0) is 6.20 Å². The van der Waals surface area contributed by atoms with Gasteiger partial charge in [-0.15, -0.1) is 12.1 Å². The van der Waals surface area contributed by atoms with Crippen molar-refractivity contribution in [2.45, 2.75) is 0 Å². The van der Waals surface area contributed by atoms with Gasteiger partial charge in [-0.2, -0.15) is 30.3 Å². The summed E-state index contributed by atoms with van der Waals surface area (Å²) in [5, 5.41) is 6.42. The molecule has 0 aliphatic rings. The molecule has 0 bridgehead atoms. The largest absolute Gasteiger partial charge is 2.00 e. The summed E-state index contributed by atoms with van der Waals surface area (Å²) in [6, 6.07) is 17.7. The Kier molecular flexibility index (Phi) is 5.85. The smallest absolute Gasteiger partial charge is 0.314 e. The number of nitrogens with one attached hydrogen (secondary N) is 1. The third-order valence-electron chi connectivity index (χ3n) is 2.32. The summed E-state index contributed by atoms with van der Waals surface area (Å²) in [6.45, 7) is 0. The van der Waals surface area contributed by atoms with Gasteiger partial charge in [-0.3, -0.25) is 0 Å². The van der Waals surface area contributed by atoms with Crippen LogP contribution in [0.1, 0.15) is 10.5 Å². The van der Waals surface area contributed by atoms with Gasteiger partial charge in [0.05, 0.1) is 0 Å². The van der Waals surface area contributed by atoms with Gasteiger partial charge < -0.3 is 9.89 Å². The number of hydrogen-bond acceptors (Lipinski definition) is 2. The van der Waals surface area contributed by atoms with Gasteiger partial charge in [0.25, 0.3) is 0 Å². The van der Waals surface area contributed by atoms with Crippen LogP contribution in [0, 0.1) is 0 Å². The molecule has 1 heterocycles. The average Bonchev–Trinajstić information content (AvgIpc) is 3.12. The number of carbonyl (C=O) groups excluding carboxylic acids is 1. The van der Waals surface area contributed by atoms with E-state index in [1.807, 2.05) is 54.6 Å². The van der Waals surface area contributed by atoms with Gasteiger partial charge in [0.1, 0.15) is 6.29 Å². The van der Waals surface area contributed by atoms with Crippen molar-refractivity contribution < 1.29 is 21.9 Å². The molecule has 1 aromatic heterocycles. The summed E-state index contributed by atoms with van der Waals surface area (Å²) < 4.78 is 0. The first kappa shape index (κ1) is 14.2. The van der Waals surface area contributed by atoms with Crippen LogP contribution in [-0.2, 0) is 17.1 Å². The number of carbonyl (C=O) groups is 1. The number of aldehydes is 1. The number of aromatic nitrogens is 2. The Morgan fingerprint density at radius 1 is 1.17 bits per heavy atom. The predicted molar refractivity (Wildman–Crippen MR) is 67.0 cm³/mol. The zero-order valence-electron chi connectivity index (χ0n) is 9.56. The van der Waals surface area contributed by atoms with Crippen LogP contribution in [0.15, 0.2) is 60.8 Å². The van der Waals surface area contributed by atoms with E-state index in [1.165, 1.54) is 0 Å². The van der Waals surface area contributed by atoms with Gasteiger partial charge in [-0.25, -0.2) is 17.2 Å². The van der Waals surface area contributed by atoms with Crippen molar-refractivity contribution in [2.75, 3.05) is 0 Å². The van der Waals surface area contributed by atoms with Crippen LogP contribution < -0.4 is 0 Å². The van der Waals surface area contributed by atoms with Crippen molar-refractivity contribution in [3.05, 3.63) is 66.5 Å². The van der Waals surface area contributed by atoms with E-state index in [1.54, 1.807) is 6.20 Å². The summed E-state index contributed by atoms with van der Waals surface area (Å²) in [7, 11) is 0. The third kappa shape index (κ3) is 3.55. The van der Waals surface area contributed by atoms with Crippen molar-refractivity contribution in [3.63, 3.8) is 0 Å². The van der Waals surface area contributed by atoms with Crippen molar-refractivity contribution in [2.24, 2.45) is 0 Å². The molecule has 4 heteroatoms. The zero-order valence-corrected chi connectivity index (χ0v) is 10.7. The Morgan fingerprint density at radius 2 is 1.83 bits per heavy atom. The third-order valence-corrected chi connectivity index (χ3v) is 2.32. The van der Waals surface area contributed by atoms with Crippen LogP contribution in [0.3, 0.4) is 0 Å². The van der Waals surface area contributed by atoms with Crippen LogP contribution >= 0.6 is 0 Å². The molecule has 0 aliphatic carbocycles. The molecule has 0 spiro atoms. The molecule has 0 unspecified atom stereocenters. The molecular weight excluding hydrogens is 268 g/mol. The molecule has 3 nitrogen and oxygen atoms in total. The quantitative estimate of drug-likeness (QED) is 0.445. The molecule has 0 atom stereocenters. The molecule has 1 N–H and O–H groups in total. The fourth-order valence-electron chi connectivity index (χ4n) is 1.49. The van der Waals surface area contributed by atoms with Crippen molar-refractivity contribution in [1.82, 2.24) is 10.2 Å². The van der Waals surface area contributed by atoms with Gasteiger partial charge in [0.15, 0.2) is 0 Å². The summed E-state index contributed by atoms with van der Waals surface area (Å²) >= 11 is 0. The monoisotopic (exact) mass is 280 g/mol. The van der Waals surface area contributed by atoms with Crippen LogP contribution in [0.4, 0.5) is 0 Å². The van der Waals surface area contributed by atoms with Crippen LogP contribution in [-0.4, -0.2) is 16.5 Å². The van der Waals surface area contributed by atoms with E-state index in [2.05, 4.69) is 10.2 Å². The van der Waals surface area contributed by atoms with E-state index in [0.29, 0.717) is 5.69 Å². The molecule has 0 fully saturated rings. The molecule has 3 aromatic rings. The number of aromatic amines is 1. The van der Waals surface area contributed by atoms with E-state index in [0.717, 1.165) is 17.4 Å². The standard InChI is InChI=1S/C9H7N2O.C5H5.Fe/c12-6-9-8(5-10-11-9)7-3-1-2-4-7;1-2-4-5-3-1;/h1-6H,(H,10,11);1-5H;/q2*-1;+2. The minimum Gasteiger partial charge on any atom is -0.314 e. The zero-order chi connectivity index (χ0) is 11.9. The first-order valence-electron chi connectivity index (χ1n) is 5.29. The number of rotatable bonds is 2. The van der Waals surface area contributed by atoms with E-state index in [9.17, 15) is 4.79 Å². The SMILES string of the molecule is O=Cc1[nH]ncc1-[c-]1cccc1.[Fe+2].c1cc[cH-]c1. The topological polar surface area (TPSA) is 45.8 Å². The second-order valence-electron chi connectivity index (χ2n) is 3.45. The van der Waals surface area contributed by atoms with Crippen LogP contribution in [0.25, 0.3) is 11.1 Å². The van der Waals surface area contributed by atoms with E-state index in [4.69, 9.17) is 0 Å². The fraction of sp³-hybridized carbons (Fsp3) is 0. The van der Waals surface area contributed by atoms with Crippen molar-refractivity contribution in [1.29, 1.82) is 0 Å². The Balaban J connectivity index is 0.000000230. The maximum absolute atomic E-state index is 10.5. The molecule has 0 saturated heterocycles. The van der Waals surface area contributed by atoms with E-state index >= 15 is 0 Å². The first-order chi connectivity index (χ1) is 8.42. The minimum absolute atomic E-state index is 0. The molecule has 2 aromatic carbocycles. The number of nitrogens with zero attached hydrogens (tertiary/aromatic N) is 1. The average molecular weight is 280 g/mol. The maximum atomic E-state index is 10.5. The van der Waals surface area contributed by atoms with Crippen molar-refractivity contribution >= 4 is 6.29 Å². The van der Waals surface area contributed by atoms with Gasteiger partial charge in [0.2, 0.25) is 0 Å². The predicted octanol–water partition coefficient (Wildman–Crippen LogP) is 3.01. The second-order valence-corrected chi connectivity index (χ2v) is 3.45. The molecule has 0 amide bonds. The van der Waals surface area contributed by atoms with Crippen molar-refractivity contribution in [3.8, 4) is 11.1 Å². The van der Waals surface area contributed by atoms with E-state index in [-0.39, 0.29) is 17.1 Å². The Labute approximate surface area is 116 Å². The molecule has 0 aliphatic heterocycles. The van der Waals surface area contributed by atoms with Gasteiger partial charge in [0, 0.05) is 5.69 Å². The molecule has 18 heavy (non-hydrogen) atoms. The molecule has 92 valence electrons. The Bertz CT molecular complexity index is 521. The summed E-state index contributed by atoms with van der Waals surface area (Å²) in [4.78, 5) is 10.5. The molecule has 0 saturated carbocycles. The molecule has 3 rings (SSSR count). The Hall–Kier alpha value is -1.90. The number of hydrogen-bond donors (Lipinski definition) is 1. The fourth-order valence-corrected chi connectivity index (χ4v) is 1.49. The first-order valence-corrected chi connectivity index (χ1v) is 5.29.